The minimum atomic E-state index is -0.746. The lowest BCUT2D eigenvalue weighted by Gasteiger charge is -2.52. The number of fused-ring (bicyclic) bond motifs is 4. The lowest BCUT2D eigenvalue weighted by molar-refractivity contribution is -0.0243. The van der Waals surface area contributed by atoms with Gasteiger partial charge in [-0.2, -0.15) is 0 Å². The zero-order valence-corrected chi connectivity index (χ0v) is 19.9. The van der Waals surface area contributed by atoms with Gasteiger partial charge in [0.15, 0.2) is 0 Å². The van der Waals surface area contributed by atoms with E-state index in [0.29, 0.717) is 16.7 Å². The lowest BCUT2D eigenvalue weighted by Crippen LogP contribution is -2.60. The summed E-state index contributed by atoms with van der Waals surface area (Å²) >= 11 is 6.23. The molecule has 4 fully saturated rings. The van der Waals surface area contributed by atoms with Crippen LogP contribution in [0.3, 0.4) is 0 Å². The van der Waals surface area contributed by atoms with Crippen molar-refractivity contribution in [2.75, 3.05) is 26.7 Å². The van der Waals surface area contributed by atoms with E-state index in [-0.39, 0.29) is 17.5 Å². The van der Waals surface area contributed by atoms with Gasteiger partial charge in [0, 0.05) is 6.54 Å². The van der Waals surface area contributed by atoms with Crippen molar-refractivity contribution in [2.45, 2.75) is 50.6 Å². The molecule has 2 bridgehead atoms. The number of methoxy groups -OCH3 is 1. The van der Waals surface area contributed by atoms with Crippen LogP contribution in [0.1, 0.15) is 49.3 Å². The number of rotatable bonds is 4. The molecule has 5 nitrogen and oxygen atoms in total. The van der Waals surface area contributed by atoms with Crippen molar-refractivity contribution in [2.24, 2.45) is 11.3 Å². The van der Waals surface area contributed by atoms with Crippen molar-refractivity contribution >= 4 is 17.7 Å². The molecule has 1 N–H and O–H groups in total. The number of hydrogen-bond donors (Lipinski definition) is 1. The molecular weight excluding hydrogens is 436 g/mol. The van der Waals surface area contributed by atoms with Crippen molar-refractivity contribution in [3.8, 4) is 16.9 Å². The average Bonchev–Trinajstić information content (AvgIpc) is 3.61. The summed E-state index contributed by atoms with van der Waals surface area (Å²) in [5.74, 6) is 1.16. The topological polar surface area (TPSA) is 53.0 Å². The van der Waals surface area contributed by atoms with Gasteiger partial charge >= 0.3 is 6.09 Å². The van der Waals surface area contributed by atoms with Gasteiger partial charge in [0.2, 0.25) is 0 Å². The van der Waals surface area contributed by atoms with E-state index in [1.54, 1.807) is 7.11 Å². The molecule has 2 aliphatic carbocycles. The number of piperidine rings is 3. The Bertz CT molecular complexity index is 1090. The quantitative estimate of drug-likeness (QED) is 0.613. The van der Waals surface area contributed by atoms with Gasteiger partial charge in [-0.1, -0.05) is 35.9 Å². The van der Waals surface area contributed by atoms with Crippen LogP contribution in [0.25, 0.3) is 11.1 Å². The maximum Gasteiger partial charge on any atom is 0.408 e. The van der Waals surface area contributed by atoms with Gasteiger partial charge in [0.25, 0.3) is 0 Å². The van der Waals surface area contributed by atoms with Gasteiger partial charge < -0.3 is 14.7 Å². The van der Waals surface area contributed by atoms with Crippen LogP contribution < -0.4 is 4.74 Å². The number of carboxylic acid groups (broad SMARTS) is 1. The highest BCUT2D eigenvalue weighted by Crippen LogP contribution is 2.63. The largest absolute Gasteiger partial charge is 0.495 e. The predicted molar refractivity (Wildman–Crippen MR) is 129 cm³/mol. The lowest BCUT2D eigenvalue weighted by atomic mass is 9.73. The molecule has 2 aromatic rings. The Balaban J connectivity index is 1.39. The number of carbonyl (C=O) groups is 1. The second kappa shape index (κ2) is 7.92. The highest BCUT2D eigenvalue weighted by atomic mass is 35.5. The summed E-state index contributed by atoms with van der Waals surface area (Å²) in [6.45, 7) is 3.13. The Labute approximate surface area is 200 Å². The van der Waals surface area contributed by atoms with Gasteiger partial charge in [-0.15, -0.1) is 0 Å². The third-order valence-corrected chi connectivity index (χ3v) is 9.08. The molecular formula is C27H31ClN2O3. The molecule has 3 saturated heterocycles. The Morgan fingerprint density at radius 1 is 1.12 bits per heavy atom. The van der Waals surface area contributed by atoms with E-state index in [1.165, 1.54) is 11.1 Å². The standard InChI is InChI=1S/C27H31ClN2O3/c1-33-24-15-19(3-5-22(24)28)18-2-4-21-20(14-18)6-9-27(10-11-27)25(21)30(26(31)32)23-16-29-12-7-17(23)8-13-29/h2-5,14-15,17,23,25H,6-13,16H2,1H3,(H,31,32)/t23-,25?/m1/s1. The van der Waals surface area contributed by atoms with Crippen molar-refractivity contribution in [3.05, 3.63) is 52.5 Å². The first kappa shape index (κ1) is 21.3. The molecule has 5 aliphatic rings. The monoisotopic (exact) mass is 466 g/mol. The summed E-state index contributed by atoms with van der Waals surface area (Å²) in [7, 11) is 1.63. The Kier molecular flexibility index (Phi) is 5.11. The molecule has 174 valence electrons. The molecule has 3 aliphatic heterocycles. The first-order valence-corrected chi connectivity index (χ1v) is 12.6. The Hall–Kier alpha value is -2.24. The van der Waals surface area contributed by atoms with E-state index in [4.69, 9.17) is 16.3 Å². The van der Waals surface area contributed by atoms with Gasteiger partial charge in [0.1, 0.15) is 5.75 Å². The van der Waals surface area contributed by atoms with Crippen LogP contribution in [0.2, 0.25) is 5.02 Å². The molecule has 1 saturated carbocycles. The summed E-state index contributed by atoms with van der Waals surface area (Å²) in [4.78, 5) is 17.1. The Morgan fingerprint density at radius 3 is 2.48 bits per heavy atom. The zero-order chi connectivity index (χ0) is 22.7. The van der Waals surface area contributed by atoms with Crippen LogP contribution >= 0.6 is 11.6 Å². The zero-order valence-electron chi connectivity index (χ0n) is 19.1. The van der Waals surface area contributed by atoms with E-state index in [0.717, 1.165) is 69.3 Å². The fourth-order valence-electron chi connectivity index (χ4n) is 6.78. The first-order chi connectivity index (χ1) is 16.0. The molecule has 1 spiro atoms. The van der Waals surface area contributed by atoms with Gasteiger partial charge in [-0.05, 0) is 97.3 Å². The van der Waals surface area contributed by atoms with Crippen LogP contribution in [0, 0.1) is 11.3 Å². The number of aryl methyl sites for hydroxylation is 1. The number of halogens is 1. The smallest absolute Gasteiger partial charge is 0.408 e. The predicted octanol–water partition coefficient (Wildman–Crippen LogP) is 5.86. The van der Waals surface area contributed by atoms with Crippen LogP contribution in [0.4, 0.5) is 4.79 Å². The highest BCUT2D eigenvalue weighted by molar-refractivity contribution is 6.32. The van der Waals surface area contributed by atoms with E-state index in [9.17, 15) is 9.90 Å². The van der Waals surface area contributed by atoms with E-state index in [2.05, 4.69) is 23.1 Å². The van der Waals surface area contributed by atoms with E-state index in [1.807, 2.05) is 23.1 Å². The minimum Gasteiger partial charge on any atom is -0.495 e. The van der Waals surface area contributed by atoms with Crippen LogP contribution in [0.5, 0.6) is 5.75 Å². The molecule has 7 rings (SSSR count). The molecule has 0 aromatic heterocycles. The summed E-state index contributed by atoms with van der Waals surface area (Å²) in [5, 5.41) is 11.1. The summed E-state index contributed by atoms with van der Waals surface area (Å²) < 4.78 is 5.41. The van der Waals surface area contributed by atoms with Crippen molar-refractivity contribution < 1.29 is 14.6 Å². The first-order valence-electron chi connectivity index (χ1n) is 12.2. The van der Waals surface area contributed by atoms with E-state index >= 15 is 0 Å². The number of ether oxygens (including phenoxy) is 1. The summed E-state index contributed by atoms with van der Waals surface area (Å²) in [6.07, 6.45) is 5.86. The number of nitrogens with zero attached hydrogens (tertiary/aromatic N) is 2. The normalized spacial score (nSPS) is 28.9. The number of benzene rings is 2. The fraction of sp³-hybridized carbons (Fsp3) is 0.519. The van der Waals surface area contributed by atoms with Crippen LogP contribution in [-0.4, -0.2) is 53.8 Å². The second-order valence-corrected chi connectivity index (χ2v) is 10.8. The number of hydrogen-bond acceptors (Lipinski definition) is 3. The average molecular weight is 467 g/mol. The Morgan fingerprint density at radius 2 is 1.85 bits per heavy atom. The third kappa shape index (κ3) is 3.52. The number of amides is 1. The molecule has 6 heteroatoms. The molecule has 1 amide bonds. The fourth-order valence-corrected chi connectivity index (χ4v) is 6.97. The SMILES string of the molecule is COc1cc(-c2ccc3c(c2)CCC2(CC2)C3N(C(=O)O)[C@@H]2CN3CCC2CC3)ccc1Cl. The maximum absolute atomic E-state index is 12.8. The van der Waals surface area contributed by atoms with Crippen molar-refractivity contribution in [3.63, 3.8) is 0 Å². The highest BCUT2D eigenvalue weighted by Gasteiger charge is 2.57. The molecule has 33 heavy (non-hydrogen) atoms. The van der Waals surface area contributed by atoms with Gasteiger partial charge in [0.05, 0.1) is 24.2 Å². The maximum atomic E-state index is 12.8. The summed E-state index contributed by atoms with van der Waals surface area (Å²) in [6, 6.07) is 12.6. The van der Waals surface area contributed by atoms with Gasteiger partial charge in [-0.3, -0.25) is 4.90 Å². The van der Waals surface area contributed by atoms with Crippen LogP contribution in [-0.2, 0) is 6.42 Å². The van der Waals surface area contributed by atoms with Gasteiger partial charge in [-0.25, -0.2) is 4.79 Å². The van der Waals surface area contributed by atoms with E-state index < -0.39 is 6.09 Å². The van der Waals surface area contributed by atoms with Crippen molar-refractivity contribution in [1.29, 1.82) is 0 Å². The third-order valence-electron chi connectivity index (χ3n) is 8.76. The molecule has 0 radical (unpaired) electrons. The summed E-state index contributed by atoms with van der Waals surface area (Å²) in [5.41, 5.74) is 4.83. The van der Waals surface area contributed by atoms with Crippen molar-refractivity contribution in [1.82, 2.24) is 9.80 Å². The molecule has 3 heterocycles. The second-order valence-electron chi connectivity index (χ2n) is 10.4. The molecule has 2 atom stereocenters. The minimum absolute atomic E-state index is 0.0295. The molecule has 2 aromatic carbocycles. The van der Waals surface area contributed by atoms with Crippen LogP contribution in [0.15, 0.2) is 36.4 Å². The molecule has 1 unspecified atom stereocenters.